The number of fused-ring (bicyclic) bond motifs is 4. The first-order valence-electron chi connectivity index (χ1n) is 6.52. The second-order valence-electron chi connectivity index (χ2n) is 4.94. The van der Waals surface area contributed by atoms with Gasteiger partial charge in [0.15, 0.2) is 6.29 Å². The van der Waals surface area contributed by atoms with E-state index in [1.807, 2.05) is 55.6 Å². The van der Waals surface area contributed by atoms with Gasteiger partial charge in [-0.25, -0.2) is 4.98 Å². The predicted molar refractivity (Wildman–Crippen MR) is 80.2 cm³/mol. The van der Waals surface area contributed by atoms with E-state index < -0.39 is 0 Å². The third kappa shape index (κ3) is 1.29. The SMILES string of the molecule is Cn1c2nc3ccccc3c-2c(C=O)c2ccccc21. The summed E-state index contributed by atoms with van der Waals surface area (Å²) < 4.78 is 2.05. The molecule has 3 nitrogen and oxygen atoms in total. The number of carbonyl (C=O) groups is 1. The summed E-state index contributed by atoms with van der Waals surface area (Å²) in [5.41, 5.74) is 3.61. The number of rotatable bonds is 1. The zero-order valence-electron chi connectivity index (χ0n) is 11.0. The Morgan fingerprint density at radius 1 is 1.00 bits per heavy atom. The van der Waals surface area contributed by atoms with Gasteiger partial charge in [-0.05, 0) is 12.1 Å². The van der Waals surface area contributed by atoms with Crippen LogP contribution in [0.5, 0.6) is 0 Å². The number of aryl methyl sites for hydroxylation is 1. The highest BCUT2D eigenvalue weighted by molar-refractivity contribution is 6.11. The Morgan fingerprint density at radius 3 is 2.50 bits per heavy atom. The largest absolute Gasteiger partial charge is 0.328 e. The number of hydrogen-bond donors (Lipinski definition) is 0. The van der Waals surface area contributed by atoms with Gasteiger partial charge in [-0.3, -0.25) is 4.79 Å². The summed E-state index contributed by atoms with van der Waals surface area (Å²) in [5.74, 6) is 0.854. The molecule has 0 amide bonds. The molecule has 0 saturated carbocycles. The second-order valence-corrected chi connectivity index (χ2v) is 4.94. The van der Waals surface area contributed by atoms with Crippen LogP contribution in [0, 0.1) is 0 Å². The van der Waals surface area contributed by atoms with Gasteiger partial charge >= 0.3 is 0 Å². The van der Waals surface area contributed by atoms with Gasteiger partial charge in [0, 0.05) is 28.9 Å². The molecule has 0 fully saturated rings. The first-order valence-corrected chi connectivity index (χ1v) is 6.52. The average molecular weight is 260 g/mol. The number of aldehydes is 1. The third-order valence-electron chi connectivity index (χ3n) is 3.88. The minimum atomic E-state index is 0.724. The monoisotopic (exact) mass is 260 g/mol. The van der Waals surface area contributed by atoms with Gasteiger partial charge in [-0.2, -0.15) is 0 Å². The van der Waals surface area contributed by atoms with E-state index in [9.17, 15) is 4.79 Å². The Labute approximate surface area is 115 Å². The quantitative estimate of drug-likeness (QED) is 0.490. The van der Waals surface area contributed by atoms with E-state index in [0.29, 0.717) is 0 Å². The minimum Gasteiger partial charge on any atom is -0.328 e. The van der Waals surface area contributed by atoms with E-state index in [4.69, 9.17) is 0 Å². The highest BCUT2D eigenvalue weighted by Crippen LogP contribution is 2.37. The Bertz CT molecular complexity index is 937. The molecule has 4 rings (SSSR count). The fraction of sp³-hybridized carbons (Fsp3) is 0.0588. The van der Waals surface area contributed by atoms with E-state index >= 15 is 0 Å². The number of hydrogen-bond acceptors (Lipinski definition) is 2. The van der Waals surface area contributed by atoms with Gasteiger partial charge in [-0.15, -0.1) is 0 Å². The highest BCUT2D eigenvalue weighted by atomic mass is 16.1. The molecule has 0 bridgehead atoms. The molecule has 0 spiro atoms. The Balaban J connectivity index is 2.37. The summed E-state index contributed by atoms with van der Waals surface area (Å²) in [4.78, 5) is 16.3. The molecule has 96 valence electrons. The van der Waals surface area contributed by atoms with Crippen molar-refractivity contribution in [1.82, 2.24) is 9.55 Å². The minimum absolute atomic E-state index is 0.724. The van der Waals surface area contributed by atoms with Crippen molar-refractivity contribution >= 4 is 28.1 Å². The molecule has 0 N–H and O–H groups in total. The molecule has 0 saturated heterocycles. The normalized spacial score (nSPS) is 11.4. The summed E-state index contributed by atoms with van der Waals surface area (Å²) in [7, 11) is 1.99. The smallest absolute Gasteiger partial charge is 0.151 e. The maximum atomic E-state index is 11.7. The lowest BCUT2D eigenvalue weighted by Crippen LogP contribution is -2.03. The molecule has 2 aliphatic rings. The molecule has 2 aromatic carbocycles. The van der Waals surface area contributed by atoms with Crippen LogP contribution in [0.4, 0.5) is 0 Å². The fourth-order valence-corrected chi connectivity index (χ4v) is 2.95. The van der Waals surface area contributed by atoms with E-state index in [0.717, 1.165) is 45.0 Å². The molecule has 20 heavy (non-hydrogen) atoms. The maximum absolute atomic E-state index is 11.7. The van der Waals surface area contributed by atoms with Crippen molar-refractivity contribution in [2.24, 2.45) is 7.05 Å². The van der Waals surface area contributed by atoms with Crippen molar-refractivity contribution in [2.45, 2.75) is 0 Å². The fourth-order valence-electron chi connectivity index (χ4n) is 2.95. The van der Waals surface area contributed by atoms with E-state index in [1.54, 1.807) is 0 Å². The van der Waals surface area contributed by atoms with E-state index in [1.165, 1.54) is 0 Å². The van der Waals surface area contributed by atoms with Crippen molar-refractivity contribution in [3.63, 3.8) is 0 Å². The van der Waals surface area contributed by atoms with Gasteiger partial charge in [0.1, 0.15) is 5.82 Å². The van der Waals surface area contributed by atoms with E-state index in [-0.39, 0.29) is 0 Å². The molecular weight excluding hydrogens is 248 g/mol. The summed E-state index contributed by atoms with van der Waals surface area (Å²) in [6.07, 6.45) is 0.943. The van der Waals surface area contributed by atoms with Crippen LogP contribution in [-0.4, -0.2) is 15.8 Å². The molecule has 2 heterocycles. The van der Waals surface area contributed by atoms with Gasteiger partial charge in [0.05, 0.1) is 11.0 Å². The maximum Gasteiger partial charge on any atom is 0.151 e. The molecule has 3 heteroatoms. The first-order chi connectivity index (χ1) is 9.81. The van der Waals surface area contributed by atoms with Crippen LogP contribution < -0.4 is 0 Å². The molecule has 0 unspecified atom stereocenters. The van der Waals surface area contributed by atoms with E-state index in [2.05, 4.69) is 9.55 Å². The molecule has 0 radical (unpaired) electrons. The van der Waals surface area contributed by atoms with Crippen molar-refractivity contribution in [2.75, 3.05) is 0 Å². The number of nitrogens with zero attached hydrogens (tertiary/aromatic N) is 2. The molecular formula is C17H12N2O. The third-order valence-corrected chi connectivity index (χ3v) is 3.88. The summed E-state index contributed by atoms with van der Waals surface area (Å²) in [5, 5.41) is 2.00. The predicted octanol–water partition coefficient (Wildman–Crippen LogP) is 3.64. The highest BCUT2D eigenvalue weighted by Gasteiger charge is 2.21. The van der Waals surface area contributed by atoms with Crippen LogP contribution in [0.1, 0.15) is 10.4 Å². The molecule has 0 aliphatic carbocycles. The van der Waals surface area contributed by atoms with Crippen molar-refractivity contribution in [3.05, 3.63) is 54.1 Å². The second kappa shape index (κ2) is 3.90. The van der Waals surface area contributed by atoms with Crippen molar-refractivity contribution in [3.8, 4) is 11.4 Å². The van der Waals surface area contributed by atoms with Crippen molar-refractivity contribution < 1.29 is 4.79 Å². The van der Waals surface area contributed by atoms with Crippen LogP contribution in [-0.2, 0) is 7.05 Å². The lowest BCUT2D eigenvalue weighted by atomic mass is 10.00. The first kappa shape index (κ1) is 11.2. The number of benzene rings is 2. The van der Waals surface area contributed by atoms with Gasteiger partial charge in [0.2, 0.25) is 0 Å². The topological polar surface area (TPSA) is 34.9 Å². The number of para-hydroxylation sites is 2. The van der Waals surface area contributed by atoms with Gasteiger partial charge in [-0.1, -0.05) is 36.4 Å². The Kier molecular flexibility index (Phi) is 2.18. The average Bonchev–Trinajstić information content (AvgIpc) is 2.88. The van der Waals surface area contributed by atoms with Crippen LogP contribution in [0.3, 0.4) is 0 Å². The van der Waals surface area contributed by atoms with Gasteiger partial charge < -0.3 is 4.57 Å². The molecule has 0 aromatic heterocycles. The molecule has 2 aliphatic heterocycles. The summed E-state index contributed by atoms with van der Waals surface area (Å²) in [6, 6.07) is 15.9. The standard InChI is InChI=1S/C17H12N2O/c1-19-15-9-5-3-6-11(15)13(10-20)16-12-7-2-4-8-14(12)18-17(16)19/h2-10H,1H3. The summed E-state index contributed by atoms with van der Waals surface area (Å²) in [6.45, 7) is 0. The Morgan fingerprint density at radius 2 is 1.70 bits per heavy atom. The van der Waals surface area contributed by atoms with Gasteiger partial charge in [0.25, 0.3) is 0 Å². The summed E-state index contributed by atoms with van der Waals surface area (Å²) >= 11 is 0. The molecule has 2 aromatic rings. The zero-order valence-corrected chi connectivity index (χ0v) is 11.0. The lowest BCUT2D eigenvalue weighted by Gasteiger charge is -2.14. The van der Waals surface area contributed by atoms with Crippen LogP contribution in [0.15, 0.2) is 48.5 Å². The zero-order chi connectivity index (χ0) is 13.7. The number of pyridine rings is 1. The van der Waals surface area contributed by atoms with Crippen LogP contribution >= 0.6 is 0 Å². The van der Waals surface area contributed by atoms with Crippen LogP contribution in [0.25, 0.3) is 33.2 Å². The molecule has 0 atom stereocenters. The lowest BCUT2D eigenvalue weighted by molar-refractivity contribution is 0.112. The Hall–Kier alpha value is -2.68. The van der Waals surface area contributed by atoms with Crippen molar-refractivity contribution in [1.29, 1.82) is 0 Å². The number of aromatic nitrogens is 2. The number of carbonyl (C=O) groups excluding carboxylic acids is 1. The van der Waals surface area contributed by atoms with Crippen LogP contribution in [0.2, 0.25) is 0 Å².